The maximum absolute atomic E-state index is 11.0. The minimum absolute atomic E-state index is 0.00381. The topological polar surface area (TPSA) is 91.5 Å². The molecule has 0 aliphatic carbocycles. The molecule has 1 amide bonds. The van der Waals surface area contributed by atoms with Crippen LogP contribution in [0.1, 0.15) is 20.3 Å². The fourth-order valence-corrected chi connectivity index (χ4v) is 0.875. The van der Waals surface area contributed by atoms with Crippen LogP contribution >= 0.6 is 0 Å². The van der Waals surface area contributed by atoms with Crippen molar-refractivity contribution >= 4 is 11.9 Å². The lowest BCUT2D eigenvalue weighted by atomic mass is 10.4. The third kappa shape index (κ3) is 6.24. The first-order valence-electron chi connectivity index (χ1n) is 4.76. The highest BCUT2D eigenvalue weighted by atomic mass is 16.1. The van der Waals surface area contributed by atoms with Gasteiger partial charge in [-0.15, -0.1) is 0 Å². The van der Waals surface area contributed by atoms with Crippen LogP contribution in [-0.2, 0) is 4.79 Å². The lowest BCUT2D eigenvalue weighted by molar-refractivity contribution is -0.120. The molecule has 6 heteroatoms. The third-order valence-electron chi connectivity index (χ3n) is 1.46. The summed E-state index contributed by atoms with van der Waals surface area (Å²) in [5, 5.41) is 5.61. The van der Waals surface area contributed by atoms with Gasteiger partial charge < -0.3 is 10.6 Å². The number of carbonyl (C=O) groups is 1. The van der Waals surface area contributed by atoms with Crippen LogP contribution in [0.4, 0.5) is 0 Å². The molecule has 0 bridgehead atoms. The molecule has 5 N–H and O–H groups in total. The summed E-state index contributed by atoms with van der Waals surface area (Å²) in [5.74, 6) is 5.71. The van der Waals surface area contributed by atoms with Gasteiger partial charge in [-0.25, -0.2) is 5.84 Å². The van der Waals surface area contributed by atoms with Gasteiger partial charge in [-0.1, -0.05) is 0 Å². The molecule has 0 unspecified atom stereocenters. The summed E-state index contributed by atoms with van der Waals surface area (Å²) in [5.41, 5.74) is 2.42. The Morgan fingerprint density at radius 2 is 1.93 bits per heavy atom. The lowest BCUT2D eigenvalue weighted by Crippen LogP contribution is -2.41. The summed E-state index contributed by atoms with van der Waals surface area (Å²) in [6.07, 6.45) is 0.379. The predicted molar refractivity (Wildman–Crippen MR) is 56.6 cm³/mol. The van der Waals surface area contributed by atoms with E-state index in [1.165, 1.54) is 0 Å². The standard InChI is InChI=1S/C8H19N5O/c1-3-10-7(14)5-6-12-8(13-9)11-4-2/h3-6,9H2,1-2H3,(H,10,14)(H2,11,12,13). The van der Waals surface area contributed by atoms with Crippen molar-refractivity contribution in [3.05, 3.63) is 0 Å². The Bertz CT molecular complexity index is 192. The van der Waals surface area contributed by atoms with Crippen LogP contribution in [0.3, 0.4) is 0 Å². The van der Waals surface area contributed by atoms with E-state index in [1.54, 1.807) is 0 Å². The highest BCUT2D eigenvalue weighted by molar-refractivity contribution is 5.80. The molecule has 0 radical (unpaired) electrons. The van der Waals surface area contributed by atoms with Gasteiger partial charge in [0, 0.05) is 19.5 Å². The van der Waals surface area contributed by atoms with E-state index >= 15 is 0 Å². The van der Waals surface area contributed by atoms with Crippen LogP contribution in [0.15, 0.2) is 4.99 Å². The number of nitrogens with one attached hydrogen (secondary N) is 3. The van der Waals surface area contributed by atoms with E-state index in [1.807, 2.05) is 13.8 Å². The Labute approximate surface area is 84.3 Å². The first kappa shape index (κ1) is 12.7. The van der Waals surface area contributed by atoms with Crippen molar-refractivity contribution in [1.82, 2.24) is 16.1 Å². The first-order chi connectivity index (χ1) is 6.74. The number of nitrogens with two attached hydrogens (primary N) is 1. The number of guanidine groups is 1. The molecule has 0 aliphatic heterocycles. The molecule has 0 fully saturated rings. The van der Waals surface area contributed by atoms with Gasteiger partial charge in [0.1, 0.15) is 0 Å². The molecule has 0 spiro atoms. The SMILES string of the molecule is CCNC(=O)CCN=C(NN)NCC. The fraction of sp³-hybridized carbons (Fsp3) is 0.750. The summed E-state index contributed by atoms with van der Waals surface area (Å²) in [4.78, 5) is 15.1. The van der Waals surface area contributed by atoms with Crippen molar-refractivity contribution in [3.63, 3.8) is 0 Å². The van der Waals surface area contributed by atoms with Crippen LogP contribution in [0.25, 0.3) is 0 Å². The van der Waals surface area contributed by atoms with Crippen molar-refractivity contribution in [2.45, 2.75) is 20.3 Å². The molecule has 0 saturated carbocycles. The molecule has 0 aliphatic rings. The van der Waals surface area contributed by atoms with Crippen LogP contribution in [0.5, 0.6) is 0 Å². The van der Waals surface area contributed by atoms with E-state index in [0.717, 1.165) is 6.54 Å². The number of hydrogen-bond acceptors (Lipinski definition) is 3. The minimum Gasteiger partial charge on any atom is -0.356 e. The van der Waals surface area contributed by atoms with E-state index in [4.69, 9.17) is 5.84 Å². The van der Waals surface area contributed by atoms with Gasteiger partial charge in [-0.3, -0.25) is 15.2 Å². The summed E-state index contributed by atoms with van der Waals surface area (Å²) < 4.78 is 0. The second-order valence-electron chi connectivity index (χ2n) is 2.61. The van der Waals surface area contributed by atoms with Crippen molar-refractivity contribution in [2.24, 2.45) is 10.8 Å². The number of hydrazine groups is 1. The molecule has 0 rings (SSSR count). The number of aliphatic imine (C=N–C) groups is 1. The maximum atomic E-state index is 11.0. The highest BCUT2D eigenvalue weighted by Crippen LogP contribution is 1.81. The molecular formula is C8H19N5O. The lowest BCUT2D eigenvalue weighted by Gasteiger charge is -2.06. The molecule has 0 aromatic carbocycles. The second-order valence-corrected chi connectivity index (χ2v) is 2.61. The smallest absolute Gasteiger partial charge is 0.221 e. The third-order valence-corrected chi connectivity index (χ3v) is 1.46. The van der Waals surface area contributed by atoms with Gasteiger partial charge in [-0.05, 0) is 13.8 Å². The van der Waals surface area contributed by atoms with Crippen LogP contribution < -0.4 is 21.9 Å². The Morgan fingerprint density at radius 3 is 2.43 bits per heavy atom. The van der Waals surface area contributed by atoms with Crippen molar-refractivity contribution in [1.29, 1.82) is 0 Å². The number of rotatable bonds is 5. The number of nitrogens with zero attached hydrogens (tertiary/aromatic N) is 1. The fourth-order valence-electron chi connectivity index (χ4n) is 0.875. The molecule has 6 nitrogen and oxygen atoms in total. The molecule has 0 aromatic heterocycles. The normalized spacial score (nSPS) is 10.9. The van der Waals surface area contributed by atoms with E-state index in [-0.39, 0.29) is 5.91 Å². The van der Waals surface area contributed by atoms with E-state index in [0.29, 0.717) is 25.5 Å². The zero-order valence-corrected chi connectivity index (χ0v) is 8.76. The monoisotopic (exact) mass is 201 g/mol. The maximum Gasteiger partial charge on any atom is 0.221 e. The summed E-state index contributed by atoms with van der Waals surface area (Å²) in [7, 11) is 0. The molecule has 82 valence electrons. The molecule has 0 heterocycles. The van der Waals surface area contributed by atoms with Gasteiger partial charge in [-0.2, -0.15) is 0 Å². The van der Waals surface area contributed by atoms with E-state index < -0.39 is 0 Å². The predicted octanol–water partition coefficient (Wildman–Crippen LogP) is -1.06. The van der Waals surface area contributed by atoms with Crippen LogP contribution in [-0.4, -0.2) is 31.5 Å². The van der Waals surface area contributed by atoms with Crippen molar-refractivity contribution < 1.29 is 4.79 Å². The van der Waals surface area contributed by atoms with Crippen molar-refractivity contribution in [3.8, 4) is 0 Å². The Morgan fingerprint density at radius 1 is 1.29 bits per heavy atom. The number of carbonyl (C=O) groups excluding carboxylic acids is 1. The summed E-state index contributed by atoms with van der Waals surface area (Å²) in [6.45, 7) is 5.64. The van der Waals surface area contributed by atoms with E-state index in [2.05, 4.69) is 21.1 Å². The Hall–Kier alpha value is -1.30. The van der Waals surface area contributed by atoms with Gasteiger partial charge in [0.25, 0.3) is 0 Å². The van der Waals surface area contributed by atoms with Gasteiger partial charge in [0.15, 0.2) is 0 Å². The minimum atomic E-state index is 0.00381. The zero-order valence-electron chi connectivity index (χ0n) is 8.76. The summed E-state index contributed by atoms with van der Waals surface area (Å²) in [6, 6.07) is 0. The molecular weight excluding hydrogens is 182 g/mol. The van der Waals surface area contributed by atoms with Crippen LogP contribution in [0, 0.1) is 0 Å². The summed E-state index contributed by atoms with van der Waals surface area (Å²) >= 11 is 0. The average molecular weight is 201 g/mol. The Balaban J connectivity index is 3.71. The molecule has 14 heavy (non-hydrogen) atoms. The Kier molecular flexibility index (Phi) is 7.53. The van der Waals surface area contributed by atoms with Gasteiger partial charge in [0.05, 0.1) is 6.54 Å². The zero-order chi connectivity index (χ0) is 10.8. The quantitative estimate of drug-likeness (QED) is 0.197. The second kappa shape index (κ2) is 8.31. The average Bonchev–Trinajstić information content (AvgIpc) is 2.17. The van der Waals surface area contributed by atoms with Gasteiger partial charge in [0.2, 0.25) is 11.9 Å². The van der Waals surface area contributed by atoms with Crippen molar-refractivity contribution in [2.75, 3.05) is 19.6 Å². The number of hydrogen-bond donors (Lipinski definition) is 4. The van der Waals surface area contributed by atoms with Gasteiger partial charge >= 0.3 is 0 Å². The van der Waals surface area contributed by atoms with Crippen LogP contribution in [0.2, 0.25) is 0 Å². The molecule has 0 saturated heterocycles. The first-order valence-corrected chi connectivity index (χ1v) is 4.76. The van der Waals surface area contributed by atoms with E-state index in [9.17, 15) is 4.79 Å². The number of amides is 1. The molecule has 0 atom stereocenters. The highest BCUT2D eigenvalue weighted by Gasteiger charge is 1.98. The molecule has 0 aromatic rings. The largest absolute Gasteiger partial charge is 0.356 e.